The first-order valence-corrected chi connectivity index (χ1v) is 6.29. The van der Waals surface area contributed by atoms with Crippen molar-refractivity contribution in [3.05, 3.63) is 42.1 Å². The molecule has 1 heterocycles. The first-order chi connectivity index (χ1) is 8.27. The second-order valence-corrected chi connectivity index (χ2v) is 4.44. The van der Waals surface area contributed by atoms with Gasteiger partial charge in [0, 0.05) is 17.1 Å². The fraction of sp³-hybridized carbons (Fsp3) is 0.400. The summed E-state index contributed by atoms with van der Waals surface area (Å²) in [5.74, 6) is 0.308. The van der Waals surface area contributed by atoms with E-state index in [0.717, 1.165) is 29.3 Å². The number of hydrogen-bond acceptors (Lipinski definition) is 2. The van der Waals surface area contributed by atoms with Crippen molar-refractivity contribution in [2.24, 2.45) is 5.92 Å². The van der Waals surface area contributed by atoms with Crippen LogP contribution in [0.3, 0.4) is 0 Å². The van der Waals surface area contributed by atoms with Crippen molar-refractivity contribution >= 4 is 10.9 Å². The smallest absolute Gasteiger partial charge is 0.0839 e. The van der Waals surface area contributed by atoms with Crippen LogP contribution >= 0.6 is 0 Å². The number of para-hydroxylation sites is 1. The van der Waals surface area contributed by atoms with Gasteiger partial charge in [-0.25, -0.2) is 0 Å². The Hall–Kier alpha value is -1.41. The van der Waals surface area contributed by atoms with Crippen LogP contribution in [0.4, 0.5) is 0 Å². The summed E-state index contributed by atoms with van der Waals surface area (Å²) in [7, 11) is 0. The molecule has 0 aliphatic heterocycles. The molecule has 0 bridgehead atoms. The lowest BCUT2D eigenvalue weighted by Gasteiger charge is -2.21. The zero-order valence-electron chi connectivity index (χ0n) is 10.4. The summed E-state index contributed by atoms with van der Waals surface area (Å²) >= 11 is 0. The van der Waals surface area contributed by atoms with E-state index in [0.29, 0.717) is 5.92 Å². The number of rotatable bonds is 4. The molecular weight excluding hydrogens is 210 g/mol. The monoisotopic (exact) mass is 229 g/mol. The maximum absolute atomic E-state index is 10.4. The molecule has 90 valence electrons. The summed E-state index contributed by atoms with van der Waals surface area (Å²) < 4.78 is 0. The van der Waals surface area contributed by atoms with Gasteiger partial charge in [0.05, 0.1) is 11.6 Å². The molecule has 1 aromatic carbocycles. The number of benzene rings is 1. The van der Waals surface area contributed by atoms with Gasteiger partial charge in [0.15, 0.2) is 0 Å². The lowest BCUT2D eigenvalue weighted by atomic mass is 9.90. The van der Waals surface area contributed by atoms with Crippen molar-refractivity contribution in [1.29, 1.82) is 0 Å². The van der Waals surface area contributed by atoms with E-state index in [1.54, 1.807) is 6.20 Å². The van der Waals surface area contributed by atoms with Gasteiger partial charge in [-0.3, -0.25) is 4.98 Å². The van der Waals surface area contributed by atoms with E-state index in [4.69, 9.17) is 0 Å². The Kier molecular flexibility index (Phi) is 3.75. The average molecular weight is 229 g/mol. The summed E-state index contributed by atoms with van der Waals surface area (Å²) in [5.41, 5.74) is 1.88. The Morgan fingerprint density at radius 2 is 1.82 bits per heavy atom. The van der Waals surface area contributed by atoms with Crippen molar-refractivity contribution in [2.75, 3.05) is 0 Å². The normalized spacial score (nSPS) is 13.2. The molecule has 2 rings (SSSR count). The van der Waals surface area contributed by atoms with Gasteiger partial charge in [-0.1, -0.05) is 51.0 Å². The zero-order valence-corrected chi connectivity index (χ0v) is 10.4. The summed E-state index contributed by atoms with van der Waals surface area (Å²) in [5, 5.41) is 11.5. The third kappa shape index (κ3) is 2.32. The maximum atomic E-state index is 10.4. The molecule has 2 nitrogen and oxygen atoms in total. The van der Waals surface area contributed by atoms with Gasteiger partial charge in [-0.2, -0.15) is 0 Å². The Morgan fingerprint density at radius 3 is 2.53 bits per heavy atom. The third-order valence-corrected chi connectivity index (χ3v) is 3.48. The second kappa shape index (κ2) is 5.28. The van der Waals surface area contributed by atoms with E-state index in [2.05, 4.69) is 18.8 Å². The summed E-state index contributed by atoms with van der Waals surface area (Å²) in [6, 6.07) is 9.97. The van der Waals surface area contributed by atoms with Crippen molar-refractivity contribution < 1.29 is 5.11 Å². The minimum absolute atomic E-state index is 0.308. The fourth-order valence-electron chi connectivity index (χ4n) is 2.36. The third-order valence-electron chi connectivity index (χ3n) is 3.48. The van der Waals surface area contributed by atoms with Crippen molar-refractivity contribution in [3.63, 3.8) is 0 Å². The van der Waals surface area contributed by atoms with Crippen LogP contribution in [0.15, 0.2) is 36.5 Å². The number of pyridine rings is 1. The molecule has 0 fully saturated rings. The van der Waals surface area contributed by atoms with Gasteiger partial charge in [0.25, 0.3) is 0 Å². The predicted molar refractivity (Wildman–Crippen MR) is 70.8 cm³/mol. The average Bonchev–Trinajstić information content (AvgIpc) is 2.39. The highest BCUT2D eigenvalue weighted by Crippen LogP contribution is 2.30. The van der Waals surface area contributed by atoms with Crippen molar-refractivity contribution in [2.45, 2.75) is 32.8 Å². The van der Waals surface area contributed by atoms with E-state index < -0.39 is 6.10 Å². The van der Waals surface area contributed by atoms with Crippen molar-refractivity contribution in [1.82, 2.24) is 4.98 Å². The number of aliphatic hydroxyl groups excluding tert-OH is 1. The summed E-state index contributed by atoms with van der Waals surface area (Å²) in [4.78, 5) is 4.39. The largest absolute Gasteiger partial charge is 0.388 e. The maximum Gasteiger partial charge on any atom is 0.0839 e. The van der Waals surface area contributed by atoms with Crippen LogP contribution in [0.1, 0.15) is 38.4 Å². The molecule has 1 aromatic heterocycles. The van der Waals surface area contributed by atoms with E-state index in [1.165, 1.54) is 0 Å². The number of fused-ring (bicyclic) bond motifs is 1. The van der Waals surface area contributed by atoms with Gasteiger partial charge in [-0.05, 0) is 12.0 Å². The van der Waals surface area contributed by atoms with Crippen LogP contribution in [-0.4, -0.2) is 10.1 Å². The molecule has 1 N–H and O–H groups in total. The van der Waals surface area contributed by atoms with Gasteiger partial charge in [0.1, 0.15) is 0 Å². The molecule has 0 aliphatic rings. The first-order valence-electron chi connectivity index (χ1n) is 6.29. The van der Waals surface area contributed by atoms with E-state index in [-0.39, 0.29) is 0 Å². The SMILES string of the molecule is CCC(CC)C(O)c1cccc2cccnc12. The first kappa shape index (κ1) is 12.1. The highest BCUT2D eigenvalue weighted by atomic mass is 16.3. The molecule has 0 spiro atoms. The molecule has 1 unspecified atom stereocenters. The van der Waals surface area contributed by atoms with Gasteiger partial charge >= 0.3 is 0 Å². The van der Waals surface area contributed by atoms with Crippen molar-refractivity contribution in [3.8, 4) is 0 Å². The Labute approximate surface area is 102 Å². The van der Waals surface area contributed by atoms with Gasteiger partial charge < -0.3 is 5.11 Å². The topological polar surface area (TPSA) is 33.1 Å². The predicted octanol–water partition coefficient (Wildman–Crippen LogP) is 3.70. The lowest BCUT2D eigenvalue weighted by Crippen LogP contribution is -2.11. The highest BCUT2D eigenvalue weighted by Gasteiger charge is 2.19. The fourth-order valence-corrected chi connectivity index (χ4v) is 2.36. The van der Waals surface area contributed by atoms with Gasteiger partial charge in [-0.15, -0.1) is 0 Å². The number of hydrogen-bond donors (Lipinski definition) is 1. The minimum Gasteiger partial charge on any atom is -0.388 e. The Morgan fingerprint density at radius 1 is 1.12 bits per heavy atom. The molecule has 2 aromatic rings. The molecule has 2 heteroatoms. The molecule has 0 saturated heterocycles. The molecule has 1 atom stereocenters. The van der Waals surface area contributed by atoms with E-state index >= 15 is 0 Å². The van der Waals surface area contributed by atoms with Crippen LogP contribution in [-0.2, 0) is 0 Å². The van der Waals surface area contributed by atoms with Crippen LogP contribution in [0, 0.1) is 5.92 Å². The Bertz CT molecular complexity index is 486. The van der Waals surface area contributed by atoms with E-state index in [9.17, 15) is 5.11 Å². The van der Waals surface area contributed by atoms with Gasteiger partial charge in [0.2, 0.25) is 0 Å². The molecule has 0 radical (unpaired) electrons. The van der Waals surface area contributed by atoms with E-state index in [1.807, 2.05) is 30.3 Å². The summed E-state index contributed by atoms with van der Waals surface area (Å²) in [6.45, 7) is 4.24. The minimum atomic E-state index is -0.413. The highest BCUT2D eigenvalue weighted by molar-refractivity contribution is 5.81. The lowest BCUT2D eigenvalue weighted by molar-refractivity contribution is 0.104. The molecule has 0 saturated carbocycles. The van der Waals surface area contributed by atoms with Crippen LogP contribution < -0.4 is 0 Å². The second-order valence-electron chi connectivity index (χ2n) is 4.44. The number of aromatic nitrogens is 1. The van der Waals surface area contributed by atoms with Crippen LogP contribution in [0.5, 0.6) is 0 Å². The molecular formula is C15H19NO. The molecule has 0 aliphatic carbocycles. The standard InChI is InChI=1S/C15H19NO/c1-3-11(4-2)15(17)13-9-5-7-12-8-6-10-16-14(12)13/h5-11,15,17H,3-4H2,1-2H3. The Balaban J connectivity index is 2.47. The molecule has 17 heavy (non-hydrogen) atoms. The number of nitrogens with zero attached hydrogens (tertiary/aromatic N) is 1. The van der Waals surface area contributed by atoms with Crippen LogP contribution in [0.2, 0.25) is 0 Å². The summed E-state index contributed by atoms with van der Waals surface area (Å²) in [6.07, 6.45) is 3.34. The van der Waals surface area contributed by atoms with Crippen LogP contribution in [0.25, 0.3) is 10.9 Å². The zero-order chi connectivity index (χ0) is 12.3. The quantitative estimate of drug-likeness (QED) is 0.867. The molecule has 0 amide bonds. The number of aliphatic hydroxyl groups is 1.